The first-order chi connectivity index (χ1) is 18.3. The molecule has 0 atom stereocenters. The average Bonchev–Trinajstić information content (AvgIpc) is 3.17. The summed E-state index contributed by atoms with van der Waals surface area (Å²) in [7, 11) is 1.55. The third-order valence-corrected chi connectivity index (χ3v) is 6.37. The van der Waals surface area contributed by atoms with E-state index in [2.05, 4.69) is 10.3 Å². The van der Waals surface area contributed by atoms with Crippen LogP contribution in [-0.4, -0.2) is 44.3 Å². The van der Waals surface area contributed by atoms with Crippen LogP contribution in [0.1, 0.15) is 32.9 Å². The zero-order valence-corrected chi connectivity index (χ0v) is 21.5. The molecule has 0 saturated heterocycles. The molecule has 0 radical (unpaired) electrons. The number of aryl methyl sites for hydroxylation is 3. The van der Waals surface area contributed by atoms with Gasteiger partial charge in [-0.2, -0.15) is 17.9 Å². The van der Waals surface area contributed by atoms with Crippen molar-refractivity contribution in [2.24, 2.45) is 0 Å². The van der Waals surface area contributed by atoms with E-state index in [1.165, 1.54) is 13.0 Å². The van der Waals surface area contributed by atoms with Crippen LogP contribution in [0.5, 0.6) is 5.75 Å². The fraction of sp³-hybridized carbons (Fsp3) is 0.214. The lowest BCUT2D eigenvalue weighted by molar-refractivity contribution is -0.358. The lowest BCUT2D eigenvalue weighted by Crippen LogP contribution is -2.42. The molecule has 1 amide bonds. The third-order valence-electron chi connectivity index (χ3n) is 6.37. The smallest absolute Gasteiger partial charge is 0.447 e. The van der Waals surface area contributed by atoms with Crippen molar-refractivity contribution in [3.05, 3.63) is 88.7 Å². The number of nitrogens with one attached hydrogen (secondary N) is 1. The highest BCUT2D eigenvalue weighted by Gasteiger charge is 2.54. The summed E-state index contributed by atoms with van der Waals surface area (Å²) in [6, 6.07) is 15.1. The number of aromatic nitrogens is 2. The molecular weight excluding hydrogens is 515 g/mol. The second-order valence-electron chi connectivity index (χ2n) is 9.07. The van der Waals surface area contributed by atoms with Gasteiger partial charge in [0.05, 0.1) is 12.8 Å². The standard InChI is InChI=1S/C28H26F3N3O5/c1-15-7-5-8-16(2)23(15)21-13-18(11-12-22(21)39-4)25-32-17(3)24(34(25)38)26(35)33-20-10-6-9-19(14-20)27(36,37)28(29,30)31/h5-14,36-38H,1-4H3,(H,33,35). The Labute approximate surface area is 221 Å². The van der Waals surface area contributed by atoms with Crippen LogP contribution in [0.25, 0.3) is 22.5 Å². The van der Waals surface area contributed by atoms with Crippen molar-refractivity contribution in [1.29, 1.82) is 0 Å². The second kappa shape index (κ2) is 10.1. The van der Waals surface area contributed by atoms with E-state index >= 15 is 0 Å². The van der Waals surface area contributed by atoms with Crippen LogP contribution < -0.4 is 10.1 Å². The highest BCUT2D eigenvalue weighted by Crippen LogP contribution is 2.39. The van der Waals surface area contributed by atoms with Crippen LogP contribution in [0.4, 0.5) is 18.9 Å². The molecule has 0 unspecified atom stereocenters. The summed E-state index contributed by atoms with van der Waals surface area (Å²) in [5, 5.41) is 32.4. The van der Waals surface area contributed by atoms with E-state index in [1.54, 1.807) is 25.3 Å². The van der Waals surface area contributed by atoms with E-state index in [0.29, 0.717) is 16.0 Å². The van der Waals surface area contributed by atoms with E-state index in [4.69, 9.17) is 4.74 Å². The van der Waals surface area contributed by atoms with Crippen LogP contribution in [0.2, 0.25) is 0 Å². The molecule has 0 aliphatic rings. The second-order valence-corrected chi connectivity index (χ2v) is 9.07. The number of aliphatic hydroxyl groups is 2. The number of carbonyl (C=O) groups excluding carboxylic acids is 1. The number of ether oxygens (including phenoxy) is 1. The monoisotopic (exact) mass is 541 g/mol. The van der Waals surface area contributed by atoms with Crippen molar-refractivity contribution in [3.8, 4) is 28.3 Å². The Kier molecular flexibility index (Phi) is 7.15. The van der Waals surface area contributed by atoms with Crippen molar-refractivity contribution in [2.75, 3.05) is 12.4 Å². The quantitative estimate of drug-likeness (QED) is 0.193. The molecule has 3 aromatic carbocycles. The van der Waals surface area contributed by atoms with Gasteiger partial charge in [0, 0.05) is 22.4 Å². The summed E-state index contributed by atoms with van der Waals surface area (Å²) >= 11 is 0. The molecule has 11 heteroatoms. The molecule has 39 heavy (non-hydrogen) atoms. The molecule has 0 saturated carbocycles. The molecular formula is C28H26F3N3O5. The predicted molar refractivity (Wildman–Crippen MR) is 138 cm³/mol. The first-order valence-corrected chi connectivity index (χ1v) is 11.7. The fourth-order valence-corrected chi connectivity index (χ4v) is 4.42. The Bertz CT molecular complexity index is 1540. The van der Waals surface area contributed by atoms with Gasteiger partial charge in [-0.3, -0.25) is 4.79 Å². The van der Waals surface area contributed by atoms with Crippen LogP contribution in [0, 0.1) is 20.8 Å². The summed E-state index contributed by atoms with van der Waals surface area (Å²) in [6.45, 7) is 5.43. The highest BCUT2D eigenvalue weighted by atomic mass is 19.4. The maximum absolute atomic E-state index is 13.0. The van der Waals surface area contributed by atoms with E-state index < -0.39 is 23.4 Å². The molecule has 8 nitrogen and oxygen atoms in total. The number of hydrogen-bond donors (Lipinski definition) is 4. The van der Waals surface area contributed by atoms with Crippen LogP contribution in [0.15, 0.2) is 60.7 Å². The van der Waals surface area contributed by atoms with Gasteiger partial charge in [0.15, 0.2) is 11.5 Å². The number of carbonyl (C=O) groups is 1. The third kappa shape index (κ3) is 5.06. The van der Waals surface area contributed by atoms with Gasteiger partial charge in [0.1, 0.15) is 5.75 Å². The maximum Gasteiger partial charge on any atom is 0.447 e. The molecule has 4 aromatic rings. The molecule has 1 heterocycles. The lowest BCUT2D eigenvalue weighted by Gasteiger charge is -2.25. The van der Waals surface area contributed by atoms with Crippen LogP contribution in [-0.2, 0) is 5.79 Å². The number of nitrogens with zero attached hydrogens (tertiary/aromatic N) is 2. The van der Waals surface area contributed by atoms with Crippen molar-refractivity contribution >= 4 is 11.6 Å². The van der Waals surface area contributed by atoms with Gasteiger partial charge in [0.2, 0.25) is 0 Å². The van der Waals surface area contributed by atoms with E-state index in [0.717, 1.165) is 40.5 Å². The Balaban J connectivity index is 1.71. The number of rotatable bonds is 6. The van der Waals surface area contributed by atoms with E-state index in [-0.39, 0.29) is 22.9 Å². The predicted octanol–water partition coefficient (Wildman–Crippen LogP) is 5.34. The molecule has 0 spiro atoms. The minimum absolute atomic E-state index is 0.0587. The van der Waals surface area contributed by atoms with Gasteiger partial charge in [-0.15, -0.1) is 0 Å². The number of halogens is 3. The largest absolute Gasteiger partial charge is 0.496 e. The number of methoxy groups -OCH3 is 1. The van der Waals surface area contributed by atoms with Crippen molar-refractivity contribution < 1.29 is 38.1 Å². The van der Waals surface area contributed by atoms with Crippen molar-refractivity contribution in [1.82, 2.24) is 9.71 Å². The molecule has 4 N–H and O–H groups in total. The normalized spacial score (nSPS) is 11.9. The lowest BCUT2D eigenvalue weighted by atomic mass is 9.93. The molecule has 0 aliphatic heterocycles. The topological polar surface area (TPSA) is 117 Å². The van der Waals surface area contributed by atoms with Crippen molar-refractivity contribution in [2.45, 2.75) is 32.7 Å². The van der Waals surface area contributed by atoms with Gasteiger partial charge < -0.3 is 25.5 Å². The van der Waals surface area contributed by atoms with Gasteiger partial charge >= 0.3 is 6.18 Å². The summed E-state index contributed by atoms with van der Waals surface area (Å²) in [5.74, 6) is -4.33. The first kappa shape index (κ1) is 27.7. The SMILES string of the molecule is COc1ccc(-c2nc(C)c(C(=O)Nc3cccc(C(O)(O)C(F)(F)F)c3)n2O)cc1-c1c(C)cccc1C. The summed E-state index contributed by atoms with van der Waals surface area (Å²) in [6.07, 6.45) is -5.36. The molecule has 1 aromatic heterocycles. The maximum atomic E-state index is 13.0. The number of hydrogen-bond acceptors (Lipinski definition) is 6. The summed E-state index contributed by atoms with van der Waals surface area (Å²) < 4.78 is 45.3. The van der Waals surface area contributed by atoms with Crippen molar-refractivity contribution in [3.63, 3.8) is 0 Å². The van der Waals surface area contributed by atoms with Crippen LogP contribution >= 0.6 is 0 Å². The van der Waals surface area contributed by atoms with Crippen LogP contribution in [0.3, 0.4) is 0 Å². The van der Waals surface area contributed by atoms with Gasteiger partial charge in [-0.05, 0) is 67.8 Å². The Hall–Kier alpha value is -4.35. The summed E-state index contributed by atoms with van der Waals surface area (Å²) in [4.78, 5) is 17.4. The average molecular weight is 542 g/mol. The van der Waals surface area contributed by atoms with E-state index in [1.807, 2.05) is 32.0 Å². The van der Waals surface area contributed by atoms with Gasteiger partial charge in [-0.25, -0.2) is 4.98 Å². The zero-order valence-electron chi connectivity index (χ0n) is 21.5. The zero-order chi connectivity index (χ0) is 28.7. The number of anilines is 1. The number of benzene rings is 3. The Morgan fingerprint density at radius 2 is 1.62 bits per heavy atom. The minimum atomic E-state index is -5.36. The summed E-state index contributed by atoms with van der Waals surface area (Å²) in [5.41, 5.74) is 3.07. The van der Waals surface area contributed by atoms with E-state index in [9.17, 15) is 33.4 Å². The number of imidazole rings is 1. The molecule has 0 fully saturated rings. The fourth-order valence-electron chi connectivity index (χ4n) is 4.42. The first-order valence-electron chi connectivity index (χ1n) is 11.7. The molecule has 0 aliphatic carbocycles. The molecule has 0 bridgehead atoms. The number of amides is 1. The van der Waals surface area contributed by atoms with Gasteiger partial charge in [-0.1, -0.05) is 30.3 Å². The Morgan fingerprint density at radius 1 is 0.974 bits per heavy atom. The Morgan fingerprint density at radius 3 is 2.23 bits per heavy atom. The minimum Gasteiger partial charge on any atom is -0.496 e. The van der Waals surface area contributed by atoms with Gasteiger partial charge in [0.25, 0.3) is 11.7 Å². The number of alkyl halides is 3. The molecule has 204 valence electrons. The highest BCUT2D eigenvalue weighted by molar-refractivity contribution is 6.04. The molecule has 4 rings (SSSR count).